The fourth-order valence-corrected chi connectivity index (χ4v) is 3.82. The highest BCUT2D eigenvalue weighted by Crippen LogP contribution is 2.38. The second-order valence-corrected chi connectivity index (χ2v) is 9.55. The molecule has 0 aromatic heterocycles. The Morgan fingerprint density at radius 3 is 2.46 bits per heavy atom. The summed E-state index contributed by atoms with van der Waals surface area (Å²) >= 11 is 0. The Morgan fingerprint density at radius 1 is 1.14 bits per heavy atom. The van der Waals surface area contributed by atoms with Gasteiger partial charge in [-0.2, -0.15) is 0 Å². The second kappa shape index (κ2) is 7.24. The van der Waals surface area contributed by atoms with Crippen molar-refractivity contribution in [1.82, 2.24) is 0 Å². The van der Waals surface area contributed by atoms with E-state index < -0.39 is 9.84 Å². The average molecular weight is 398 g/mol. The Hall–Kier alpha value is -2.93. The van der Waals surface area contributed by atoms with E-state index in [-0.39, 0.29) is 22.1 Å². The maximum Gasteiger partial charge on any atom is 0.248 e. The van der Waals surface area contributed by atoms with Crippen LogP contribution in [0.25, 0.3) is 6.08 Å². The summed E-state index contributed by atoms with van der Waals surface area (Å²) in [4.78, 5) is 24.3. The fourth-order valence-electron chi connectivity index (χ4n) is 3.19. The molecular formula is C21H22N2O4S. The van der Waals surface area contributed by atoms with E-state index in [1.807, 2.05) is 26.0 Å². The smallest absolute Gasteiger partial charge is 0.248 e. The van der Waals surface area contributed by atoms with Gasteiger partial charge in [-0.05, 0) is 41.5 Å². The first-order valence-corrected chi connectivity index (χ1v) is 10.7. The minimum absolute atomic E-state index is 0.0431. The molecule has 0 aliphatic carbocycles. The molecule has 2 N–H and O–H groups in total. The van der Waals surface area contributed by atoms with Crippen LogP contribution in [0.15, 0.2) is 53.4 Å². The van der Waals surface area contributed by atoms with Gasteiger partial charge >= 0.3 is 0 Å². The summed E-state index contributed by atoms with van der Waals surface area (Å²) in [6.45, 7) is 4.03. The molecule has 1 heterocycles. The normalized spacial score (nSPS) is 15.8. The SMILES string of the molecule is CC1(C)CC(=O)Nc2cc(NC(=O)/C=C/c3ccc(S(C)(=O)=O)cc3)ccc21. The molecule has 6 nitrogen and oxygen atoms in total. The van der Waals surface area contributed by atoms with Crippen LogP contribution in [0.2, 0.25) is 0 Å². The minimum Gasteiger partial charge on any atom is -0.326 e. The topological polar surface area (TPSA) is 92.3 Å². The highest BCUT2D eigenvalue weighted by atomic mass is 32.2. The molecule has 2 aromatic carbocycles. The van der Waals surface area contributed by atoms with Crippen LogP contribution in [0.5, 0.6) is 0 Å². The number of carbonyl (C=O) groups excluding carboxylic acids is 2. The van der Waals surface area contributed by atoms with Crippen molar-refractivity contribution >= 4 is 39.1 Å². The molecule has 0 unspecified atom stereocenters. The van der Waals surface area contributed by atoms with Gasteiger partial charge in [0.15, 0.2) is 9.84 Å². The molecule has 0 saturated heterocycles. The third kappa shape index (κ3) is 4.48. The maximum absolute atomic E-state index is 12.2. The third-order valence-electron chi connectivity index (χ3n) is 4.63. The van der Waals surface area contributed by atoms with Crippen molar-refractivity contribution in [1.29, 1.82) is 0 Å². The number of carbonyl (C=O) groups is 2. The summed E-state index contributed by atoms with van der Waals surface area (Å²) in [5.41, 5.74) is 2.78. The van der Waals surface area contributed by atoms with E-state index in [2.05, 4.69) is 10.6 Å². The molecule has 0 spiro atoms. The molecule has 0 radical (unpaired) electrons. The van der Waals surface area contributed by atoms with Crippen LogP contribution >= 0.6 is 0 Å². The number of sulfone groups is 1. The molecule has 1 aliphatic heterocycles. The first-order valence-electron chi connectivity index (χ1n) is 8.78. The molecule has 3 rings (SSSR count). The van der Waals surface area contributed by atoms with Gasteiger partial charge in [-0.15, -0.1) is 0 Å². The van der Waals surface area contributed by atoms with Crippen molar-refractivity contribution in [3.8, 4) is 0 Å². The lowest BCUT2D eigenvalue weighted by atomic mass is 9.78. The molecule has 0 atom stereocenters. The Morgan fingerprint density at radius 2 is 1.82 bits per heavy atom. The van der Waals surface area contributed by atoms with Crippen molar-refractivity contribution in [3.63, 3.8) is 0 Å². The van der Waals surface area contributed by atoms with E-state index in [0.29, 0.717) is 23.4 Å². The minimum atomic E-state index is -3.24. The number of benzene rings is 2. The molecule has 0 fully saturated rings. The summed E-state index contributed by atoms with van der Waals surface area (Å²) in [5.74, 6) is -0.369. The lowest BCUT2D eigenvalue weighted by Crippen LogP contribution is -2.32. The molecule has 1 aliphatic rings. The monoisotopic (exact) mass is 398 g/mol. The van der Waals surface area contributed by atoms with E-state index in [0.717, 1.165) is 11.8 Å². The van der Waals surface area contributed by atoms with Crippen molar-refractivity contribution < 1.29 is 18.0 Å². The standard InChI is InChI=1S/C21H22N2O4S/c1-21(2)13-20(25)23-18-12-15(7-10-17(18)21)22-19(24)11-6-14-4-8-16(9-5-14)28(3,26)27/h4-12H,13H2,1-3H3,(H,22,24)(H,23,25)/b11-6+. The van der Waals surface area contributed by atoms with Gasteiger partial charge in [-0.3, -0.25) is 9.59 Å². The van der Waals surface area contributed by atoms with Crippen LogP contribution in [0.1, 0.15) is 31.4 Å². The number of hydrogen-bond acceptors (Lipinski definition) is 4. The van der Waals surface area contributed by atoms with E-state index in [1.54, 1.807) is 24.3 Å². The zero-order chi connectivity index (χ0) is 20.5. The van der Waals surface area contributed by atoms with Gasteiger partial charge in [0.2, 0.25) is 11.8 Å². The van der Waals surface area contributed by atoms with E-state index in [4.69, 9.17) is 0 Å². The number of amides is 2. The van der Waals surface area contributed by atoms with Crippen LogP contribution in [-0.4, -0.2) is 26.5 Å². The van der Waals surface area contributed by atoms with Crippen LogP contribution < -0.4 is 10.6 Å². The number of fused-ring (bicyclic) bond motifs is 1. The predicted octanol–water partition coefficient (Wildman–Crippen LogP) is 3.36. The zero-order valence-corrected chi connectivity index (χ0v) is 16.8. The Balaban J connectivity index is 1.71. The highest BCUT2D eigenvalue weighted by molar-refractivity contribution is 7.90. The van der Waals surface area contributed by atoms with Crippen LogP contribution in [0, 0.1) is 0 Å². The highest BCUT2D eigenvalue weighted by Gasteiger charge is 2.31. The van der Waals surface area contributed by atoms with Crippen molar-refractivity contribution in [3.05, 3.63) is 59.7 Å². The molecule has 0 bridgehead atoms. The third-order valence-corrected chi connectivity index (χ3v) is 5.76. The van der Waals surface area contributed by atoms with Crippen LogP contribution in [-0.2, 0) is 24.8 Å². The molecule has 2 amide bonds. The first-order chi connectivity index (χ1) is 13.0. The lowest BCUT2D eigenvalue weighted by molar-refractivity contribution is -0.117. The van der Waals surface area contributed by atoms with Crippen LogP contribution in [0.4, 0.5) is 11.4 Å². The maximum atomic E-state index is 12.2. The van der Waals surface area contributed by atoms with Gasteiger partial charge < -0.3 is 10.6 Å². The van der Waals surface area contributed by atoms with Crippen molar-refractivity contribution in [2.24, 2.45) is 0 Å². The summed E-state index contributed by atoms with van der Waals surface area (Å²) in [5, 5.41) is 5.61. The summed E-state index contributed by atoms with van der Waals surface area (Å²) in [7, 11) is -3.24. The molecular weight excluding hydrogens is 376 g/mol. The average Bonchev–Trinajstić information content (AvgIpc) is 2.58. The van der Waals surface area contributed by atoms with Crippen LogP contribution in [0.3, 0.4) is 0 Å². The predicted molar refractivity (Wildman–Crippen MR) is 110 cm³/mol. The fraction of sp³-hybridized carbons (Fsp3) is 0.238. The van der Waals surface area contributed by atoms with E-state index in [9.17, 15) is 18.0 Å². The largest absolute Gasteiger partial charge is 0.326 e. The molecule has 28 heavy (non-hydrogen) atoms. The van der Waals surface area contributed by atoms with Gasteiger partial charge in [-0.25, -0.2) is 8.42 Å². The summed E-state index contributed by atoms with van der Waals surface area (Å²) < 4.78 is 22.9. The van der Waals surface area contributed by atoms with Gasteiger partial charge in [0.05, 0.1) is 4.90 Å². The van der Waals surface area contributed by atoms with Gasteiger partial charge in [-0.1, -0.05) is 32.0 Å². The zero-order valence-electron chi connectivity index (χ0n) is 15.9. The van der Waals surface area contributed by atoms with Crippen molar-refractivity contribution in [2.45, 2.75) is 30.6 Å². The summed E-state index contributed by atoms with van der Waals surface area (Å²) in [6, 6.07) is 11.7. The Kier molecular flexibility index (Phi) is 5.12. The molecule has 0 saturated carbocycles. The number of anilines is 2. The number of hydrogen-bond donors (Lipinski definition) is 2. The van der Waals surface area contributed by atoms with Gasteiger partial charge in [0, 0.05) is 35.5 Å². The van der Waals surface area contributed by atoms with Crippen molar-refractivity contribution in [2.75, 3.05) is 16.9 Å². The van der Waals surface area contributed by atoms with E-state index >= 15 is 0 Å². The Labute approximate surface area is 164 Å². The van der Waals surface area contributed by atoms with Gasteiger partial charge in [0.25, 0.3) is 0 Å². The second-order valence-electron chi connectivity index (χ2n) is 7.53. The molecule has 146 valence electrons. The lowest BCUT2D eigenvalue weighted by Gasteiger charge is -2.32. The Bertz CT molecular complexity index is 1070. The first kappa shape index (κ1) is 19.8. The number of rotatable bonds is 4. The quantitative estimate of drug-likeness (QED) is 0.773. The summed E-state index contributed by atoms with van der Waals surface area (Å²) in [6.07, 6.45) is 4.54. The molecule has 7 heteroatoms. The number of nitrogens with one attached hydrogen (secondary N) is 2. The van der Waals surface area contributed by atoms with E-state index in [1.165, 1.54) is 18.2 Å². The molecule has 2 aromatic rings. The van der Waals surface area contributed by atoms with Gasteiger partial charge in [0.1, 0.15) is 0 Å².